The zero-order chi connectivity index (χ0) is 15.0. The van der Waals surface area contributed by atoms with Gasteiger partial charge in [0.05, 0.1) is 11.3 Å². The number of carbonyl (C=O) groups excluding carboxylic acids is 1. The van der Waals surface area contributed by atoms with E-state index in [2.05, 4.69) is 5.32 Å². The topological polar surface area (TPSA) is 69.6 Å². The van der Waals surface area contributed by atoms with Gasteiger partial charge in [0.25, 0.3) is 0 Å². The monoisotopic (exact) mass is 288 g/mol. The number of rotatable bonds is 5. The molecule has 21 heavy (non-hydrogen) atoms. The molecule has 2 fully saturated rings. The summed E-state index contributed by atoms with van der Waals surface area (Å²) in [6, 6.07) is 6.62. The van der Waals surface area contributed by atoms with Crippen molar-refractivity contribution in [3.63, 3.8) is 0 Å². The molecule has 0 bridgehead atoms. The third-order valence-corrected chi connectivity index (χ3v) is 4.35. The highest BCUT2D eigenvalue weighted by Gasteiger charge is 2.42. The molecular formula is C16H20N2O3. The Morgan fingerprint density at radius 2 is 1.76 bits per heavy atom. The number of hydrogen-bond donors (Lipinski definition) is 2. The van der Waals surface area contributed by atoms with Crippen LogP contribution in [0.15, 0.2) is 24.3 Å². The molecule has 0 aliphatic heterocycles. The van der Waals surface area contributed by atoms with E-state index < -0.39 is 5.97 Å². The van der Waals surface area contributed by atoms with Crippen molar-refractivity contribution in [2.45, 2.75) is 31.7 Å². The first-order valence-electron chi connectivity index (χ1n) is 7.44. The lowest BCUT2D eigenvalue weighted by molar-refractivity contribution is 0.0697. The van der Waals surface area contributed by atoms with Gasteiger partial charge in [-0.25, -0.2) is 9.59 Å². The molecule has 0 unspecified atom stereocenters. The lowest BCUT2D eigenvalue weighted by Gasteiger charge is -2.24. The first-order chi connectivity index (χ1) is 10.1. The molecule has 112 valence electrons. The molecular weight excluding hydrogens is 268 g/mol. The summed E-state index contributed by atoms with van der Waals surface area (Å²) in [5.41, 5.74) is 0.567. The molecule has 0 spiro atoms. The largest absolute Gasteiger partial charge is 0.478 e. The summed E-state index contributed by atoms with van der Waals surface area (Å²) in [7, 11) is 1.62. The van der Waals surface area contributed by atoms with E-state index >= 15 is 0 Å². The Balaban J connectivity index is 1.73. The molecule has 1 aromatic carbocycles. The second-order valence-electron chi connectivity index (χ2n) is 6.03. The van der Waals surface area contributed by atoms with E-state index in [1.165, 1.54) is 36.6 Å². The van der Waals surface area contributed by atoms with Gasteiger partial charge in [-0.1, -0.05) is 12.1 Å². The Hall–Kier alpha value is -2.04. The summed E-state index contributed by atoms with van der Waals surface area (Å²) in [6.07, 6.45) is 4.77. The minimum Gasteiger partial charge on any atom is -0.478 e. The van der Waals surface area contributed by atoms with Crippen molar-refractivity contribution in [1.29, 1.82) is 0 Å². The van der Waals surface area contributed by atoms with Crippen LogP contribution in [0.25, 0.3) is 0 Å². The molecule has 3 rings (SSSR count). The molecule has 2 amide bonds. The van der Waals surface area contributed by atoms with Crippen LogP contribution in [0, 0.1) is 11.8 Å². The van der Waals surface area contributed by atoms with Crippen molar-refractivity contribution >= 4 is 17.7 Å². The highest BCUT2D eigenvalue weighted by Crippen LogP contribution is 2.44. The maximum atomic E-state index is 12.4. The van der Waals surface area contributed by atoms with E-state index in [4.69, 9.17) is 0 Å². The summed E-state index contributed by atoms with van der Waals surface area (Å²) in [6.45, 7) is 0. The Labute approximate surface area is 123 Å². The number of hydrogen-bond acceptors (Lipinski definition) is 2. The number of nitrogens with one attached hydrogen (secondary N) is 1. The molecule has 0 saturated heterocycles. The first kappa shape index (κ1) is 13.9. The maximum Gasteiger partial charge on any atom is 0.337 e. The third-order valence-electron chi connectivity index (χ3n) is 4.35. The number of nitrogens with zero attached hydrogens (tertiary/aromatic N) is 1. The fourth-order valence-electron chi connectivity index (χ4n) is 2.83. The zero-order valence-electron chi connectivity index (χ0n) is 12.1. The Bertz CT molecular complexity index is 552. The summed E-state index contributed by atoms with van der Waals surface area (Å²) in [4.78, 5) is 25.1. The van der Waals surface area contributed by atoms with Crippen molar-refractivity contribution in [2.75, 3.05) is 11.9 Å². The predicted molar refractivity (Wildman–Crippen MR) is 79.6 cm³/mol. The van der Waals surface area contributed by atoms with Crippen LogP contribution in [0.3, 0.4) is 0 Å². The van der Waals surface area contributed by atoms with Gasteiger partial charge in [-0.15, -0.1) is 0 Å². The van der Waals surface area contributed by atoms with Gasteiger partial charge in [0.2, 0.25) is 0 Å². The number of urea groups is 1. The molecule has 0 aromatic heterocycles. The lowest BCUT2D eigenvalue weighted by Crippen LogP contribution is -2.45. The number of carboxylic acid groups (broad SMARTS) is 1. The van der Waals surface area contributed by atoms with Gasteiger partial charge in [-0.05, 0) is 49.7 Å². The van der Waals surface area contributed by atoms with Gasteiger partial charge in [0, 0.05) is 13.1 Å². The van der Waals surface area contributed by atoms with Gasteiger partial charge in [0.1, 0.15) is 0 Å². The van der Waals surface area contributed by atoms with Crippen LogP contribution in [0.1, 0.15) is 36.0 Å². The fourth-order valence-corrected chi connectivity index (χ4v) is 2.83. The number of anilines is 1. The number of carboxylic acids is 1. The summed E-state index contributed by atoms with van der Waals surface area (Å²) >= 11 is 0. The minimum absolute atomic E-state index is 0.143. The molecule has 2 saturated carbocycles. The van der Waals surface area contributed by atoms with Crippen LogP contribution in [-0.4, -0.2) is 30.2 Å². The van der Waals surface area contributed by atoms with Crippen molar-refractivity contribution in [3.05, 3.63) is 29.8 Å². The molecule has 2 aliphatic carbocycles. The van der Waals surface area contributed by atoms with Crippen molar-refractivity contribution in [3.8, 4) is 0 Å². The molecule has 0 radical (unpaired) electrons. The van der Waals surface area contributed by atoms with Crippen LogP contribution in [0.5, 0.6) is 0 Å². The number of amides is 2. The van der Waals surface area contributed by atoms with E-state index in [1.54, 1.807) is 25.2 Å². The van der Waals surface area contributed by atoms with Crippen LogP contribution in [0.4, 0.5) is 10.5 Å². The summed E-state index contributed by atoms with van der Waals surface area (Å²) in [5, 5.41) is 12.3. The summed E-state index contributed by atoms with van der Waals surface area (Å²) < 4.78 is 0. The maximum absolute atomic E-state index is 12.4. The van der Waals surface area contributed by atoms with E-state index in [9.17, 15) is 14.7 Å². The SMILES string of the molecule is CN(C(=O)NC(C1CC1)C1CC1)c1ccccc1C(=O)O. The van der Waals surface area contributed by atoms with E-state index in [0.717, 1.165) is 0 Å². The lowest BCUT2D eigenvalue weighted by atomic mass is 10.1. The van der Waals surface area contributed by atoms with E-state index in [1.807, 2.05) is 0 Å². The molecule has 5 heteroatoms. The van der Waals surface area contributed by atoms with Gasteiger partial charge < -0.3 is 10.4 Å². The Morgan fingerprint density at radius 3 is 2.29 bits per heavy atom. The standard InChI is InChI=1S/C16H20N2O3/c1-18(13-5-3-2-4-12(13)15(19)20)16(21)17-14(10-6-7-10)11-8-9-11/h2-5,10-11,14H,6-9H2,1H3,(H,17,21)(H,19,20). The van der Waals surface area contributed by atoms with Crippen LogP contribution in [0.2, 0.25) is 0 Å². The fraction of sp³-hybridized carbons (Fsp3) is 0.500. The Morgan fingerprint density at radius 1 is 1.19 bits per heavy atom. The number of benzene rings is 1. The van der Waals surface area contributed by atoms with Gasteiger partial charge in [-0.3, -0.25) is 4.90 Å². The van der Waals surface area contributed by atoms with Crippen LogP contribution >= 0.6 is 0 Å². The van der Waals surface area contributed by atoms with Gasteiger partial charge >= 0.3 is 12.0 Å². The van der Waals surface area contributed by atoms with Gasteiger partial charge in [-0.2, -0.15) is 0 Å². The zero-order valence-corrected chi connectivity index (χ0v) is 12.1. The third kappa shape index (κ3) is 3.01. The van der Waals surface area contributed by atoms with Crippen molar-refractivity contribution < 1.29 is 14.7 Å². The quantitative estimate of drug-likeness (QED) is 0.875. The number of aromatic carboxylic acids is 1. The average molecular weight is 288 g/mol. The highest BCUT2D eigenvalue weighted by atomic mass is 16.4. The second kappa shape index (κ2) is 5.39. The van der Waals surface area contributed by atoms with Crippen molar-refractivity contribution in [2.24, 2.45) is 11.8 Å². The molecule has 0 heterocycles. The molecule has 5 nitrogen and oxygen atoms in total. The predicted octanol–water partition coefficient (Wildman–Crippen LogP) is 2.72. The molecule has 1 aromatic rings. The first-order valence-corrected chi connectivity index (χ1v) is 7.44. The van der Waals surface area contributed by atoms with Crippen LogP contribution < -0.4 is 10.2 Å². The number of carbonyl (C=O) groups is 2. The van der Waals surface area contributed by atoms with Gasteiger partial charge in [0.15, 0.2) is 0 Å². The minimum atomic E-state index is -1.02. The average Bonchev–Trinajstić information content (AvgIpc) is 3.37. The normalized spacial score (nSPS) is 17.6. The molecule has 2 N–H and O–H groups in total. The van der Waals surface area contributed by atoms with E-state index in [-0.39, 0.29) is 17.6 Å². The number of para-hydroxylation sites is 1. The van der Waals surface area contributed by atoms with E-state index in [0.29, 0.717) is 17.5 Å². The molecule has 0 atom stereocenters. The van der Waals surface area contributed by atoms with Crippen molar-refractivity contribution in [1.82, 2.24) is 5.32 Å². The smallest absolute Gasteiger partial charge is 0.337 e. The molecule has 2 aliphatic rings. The highest BCUT2D eigenvalue weighted by molar-refractivity contribution is 6.01. The second-order valence-corrected chi connectivity index (χ2v) is 6.03. The Kier molecular flexibility index (Phi) is 3.57. The van der Waals surface area contributed by atoms with Crippen LogP contribution in [-0.2, 0) is 0 Å². The summed E-state index contributed by atoms with van der Waals surface area (Å²) in [5.74, 6) is 0.209.